The molecule has 2 aromatic rings. The lowest BCUT2D eigenvalue weighted by Gasteiger charge is -2.35. The molecule has 0 spiro atoms. The van der Waals surface area contributed by atoms with Gasteiger partial charge in [-0.25, -0.2) is 12.8 Å². The van der Waals surface area contributed by atoms with E-state index in [1.54, 1.807) is 4.90 Å². The fourth-order valence-corrected chi connectivity index (χ4v) is 5.19. The second-order valence-electron chi connectivity index (χ2n) is 7.12. The smallest absolute Gasteiger partial charge is 0.281 e. The second kappa shape index (κ2) is 8.91. The Labute approximate surface area is 181 Å². The summed E-state index contributed by atoms with van der Waals surface area (Å²) in [5.74, 6) is -0.809. The minimum Gasteiger partial charge on any atom is -0.336 e. The van der Waals surface area contributed by atoms with E-state index in [0.29, 0.717) is 5.56 Å². The second-order valence-corrected chi connectivity index (χ2v) is 10.9. The average Bonchev–Trinajstić information content (AvgIpc) is 2.74. The molecule has 31 heavy (non-hydrogen) atoms. The number of hydrogen-bond acceptors (Lipinski definition) is 5. The number of anilines is 1. The van der Waals surface area contributed by atoms with Gasteiger partial charge in [0.2, 0.25) is 0 Å². The lowest BCUT2D eigenvalue weighted by Crippen LogP contribution is -2.53. The molecule has 9 nitrogen and oxygen atoms in total. The van der Waals surface area contributed by atoms with Gasteiger partial charge in [0, 0.05) is 51.5 Å². The van der Waals surface area contributed by atoms with Crippen LogP contribution in [0.2, 0.25) is 0 Å². The van der Waals surface area contributed by atoms with Gasteiger partial charge in [-0.3, -0.25) is 9.52 Å². The van der Waals surface area contributed by atoms with Gasteiger partial charge in [0.25, 0.3) is 26.1 Å². The van der Waals surface area contributed by atoms with Crippen LogP contribution in [-0.4, -0.2) is 76.5 Å². The number of sulfonamides is 1. The molecule has 0 aromatic heterocycles. The van der Waals surface area contributed by atoms with Crippen LogP contribution < -0.4 is 4.72 Å². The first-order chi connectivity index (χ1) is 14.5. The molecule has 0 saturated carbocycles. The van der Waals surface area contributed by atoms with E-state index in [9.17, 15) is 26.0 Å². The van der Waals surface area contributed by atoms with Gasteiger partial charge in [0.1, 0.15) is 5.82 Å². The Morgan fingerprint density at radius 2 is 1.45 bits per heavy atom. The van der Waals surface area contributed by atoms with Crippen molar-refractivity contribution in [1.82, 2.24) is 13.5 Å². The van der Waals surface area contributed by atoms with Gasteiger partial charge < -0.3 is 4.90 Å². The number of carbonyl (C=O) groups excluding carboxylic acids is 1. The molecule has 12 heteroatoms. The molecule has 1 amide bonds. The summed E-state index contributed by atoms with van der Waals surface area (Å²) in [4.78, 5) is 14.2. The maximum atomic E-state index is 13.0. The van der Waals surface area contributed by atoms with Crippen LogP contribution in [-0.2, 0) is 20.2 Å². The summed E-state index contributed by atoms with van der Waals surface area (Å²) in [6, 6.07) is 10.3. The molecule has 0 unspecified atom stereocenters. The molecular weight excluding hydrogens is 447 g/mol. The average molecular weight is 471 g/mol. The van der Waals surface area contributed by atoms with Crippen LogP contribution in [0.25, 0.3) is 0 Å². The third kappa shape index (κ3) is 5.21. The van der Waals surface area contributed by atoms with Crippen LogP contribution >= 0.6 is 0 Å². The van der Waals surface area contributed by atoms with Gasteiger partial charge in [-0.05, 0) is 48.5 Å². The largest absolute Gasteiger partial charge is 0.336 e. The van der Waals surface area contributed by atoms with Gasteiger partial charge in [-0.1, -0.05) is 0 Å². The lowest BCUT2D eigenvalue weighted by atomic mass is 10.1. The van der Waals surface area contributed by atoms with E-state index in [-0.39, 0.29) is 42.7 Å². The normalized spacial score (nSPS) is 15.8. The summed E-state index contributed by atoms with van der Waals surface area (Å²) >= 11 is 0. The standard InChI is InChI=1S/C19H23FN4O5S2/c1-22(2)31(28,29)24-13-11-23(12-14-24)19(25)15-3-7-17(8-4-15)21-30(26,27)18-9-5-16(20)6-10-18/h3-10,21H,11-14H2,1-2H3. The van der Waals surface area contributed by atoms with Crippen LogP contribution in [0.3, 0.4) is 0 Å². The van der Waals surface area contributed by atoms with Crippen molar-refractivity contribution in [3.63, 3.8) is 0 Å². The van der Waals surface area contributed by atoms with Crippen molar-refractivity contribution in [2.75, 3.05) is 45.0 Å². The van der Waals surface area contributed by atoms with Crippen molar-refractivity contribution in [3.05, 3.63) is 59.9 Å². The zero-order valence-corrected chi connectivity index (χ0v) is 18.7. The van der Waals surface area contributed by atoms with E-state index in [1.165, 1.54) is 42.7 Å². The quantitative estimate of drug-likeness (QED) is 0.683. The van der Waals surface area contributed by atoms with Crippen molar-refractivity contribution in [3.8, 4) is 0 Å². The number of piperazine rings is 1. The Morgan fingerprint density at radius 3 is 1.97 bits per heavy atom. The summed E-state index contributed by atoms with van der Waals surface area (Å²) in [6.07, 6.45) is 0. The molecule has 0 bridgehead atoms. The third-order valence-electron chi connectivity index (χ3n) is 4.82. The van der Waals surface area contributed by atoms with Crippen LogP contribution in [0.1, 0.15) is 10.4 Å². The van der Waals surface area contributed by atoms with Gasteiger partial charge in [0.15, 0.2) is 0 Å². The molecular formula is C19H23FN4O5S2. The van der Waals surface area contributed by atoms with Crippen LogP contribution in [0.4, 0.5) is 10.1 Å². The minimum atomic E-state index is -3.89. The number of carbonyl (C=O) groups is 1. The molecule has 0 aliphatic carbocycles. The van der Waals surface area contributed by atoms with Crippen LogP contribution in [0.5, 0.6) is 0 Å². The predicted octanol–water partition coefficient (Wildman–Crippen LogP) is 1.19. The molecule has 1 N–H and O–H groups in total. The van der Waals surface area contributed by atoms with Crippen molar-refractivity contribution >= 4 is 31.8 Å². The zero-order chi connectivity index (χ0) is 22.8. The maximum Gasteiger partial charge on any atom is 0.281 e. The number of nitrogens with zero attached hydrogens (tertiary/aromatic N) is 3. The van der Waals surface area contributed by atoms with Crippen molar-refractivity contribution in [2.45, 2.75) is 4.90 Å². The van der Waals surface area contributed by atoms with Crippen molar-refractivity contribution < 1.29 is 26.0 Å². The van der Waals surface area contributed by atoms with Gasteiger partial charge in [-0.15, -0.1) is 0 Å². The first-order valence-electron chi connectivity index (χ1n) is 9.36. The number of amides is 1. The van der Waals surface area contributed by atoms with Crippen LogP contribution in [0.15, 0.2) is 53.4 Å². The number of hydrogen-bond donors (Lipinski definition) is 1. The summed E-state index contributed by atoms with van der Waals surface area (Å²) in [6.45, 7) is 0.902. The fourth-order valence-electron chi connectivity index (χ4n) is 3.04. The lowest BCUT2D eigenvalue weighted by molar-refractivity contribution is 0.0695. The highest BCUT2D eigenvalue weighted by Crippen LogP contribution is 2.19. The molecule has 168 valence electrons. The number of benzene rings is 2. The Morgan fingerprint density at radius 1 is 0.903 bits per heavy atom. The topological polar surface area (TPSA) is 107 Å². The van der Waals surface area contributed by atoms with E-state index in [1.807, 2.05) is 0 Å². The molecule has 1 fully saturated rings. The molecule has 1 aliphatic heterocycles. The molecule has 1 saturated heterocycles. The Hall–Kier alpha value is -2.54. The molecule has 1 heterocycles. The highest BCUT2D eigenvalue weighted by Gasteiger charge is 2.30. The van der Waals surface area contributed by atoms with Crippen molar-refractivity contribution in [1.29, 1.82) is 0 Å². The summed E-state index contributed by atoms with van der Waals surface area (Å²) in [5.41, 5.74) is 0.608. The summed E-state index contributed by atoms with van der Waals surface area (Å²) < 4.78 is 66.9. The highest BCUT2D eigenvalue weighted by molar-refractivity contribution is 7.92. The highest BCUT2D eigenvalue weighted by atomic mass is 32.2. The van der Waals surface area contributed by atoms with E-state index in [2.05, 4.69) is 4.72 Å². The molecule has 2 aromatic carbocycles. The Kier molecular flexibility index (Phi) is 6.65. The van der Waals surface area contributed by atoms with E-state index < -0.39 is 26.0 Å². The maximum absolute atomic E-state index is 13.0. The first kappa shape index (κ1) is 23.1. The SMILES string of the molecule is CN(C)S(=O)(=O)N1CCN(C(=O)c2ccc(NS(=O)(=O)c3ccc(F)cc3)cc2)CC1. The molecule has 0 radical (unpaired) electrons. The zero-order valence-electron chi connectivity index (χ0n) is 17.0. The van der Waals surface area contributed by atoms with E-state index >= 15 is 0 Å². The number of nitrogens with one attached hydrogen (secondary N) is 1. The monoisotopic (exact) mass is 470 g/mol. The molecule has 0 atom stereocenters. The summed E-state index contributed by atoms with van der Waals surface area (Å²) in [7, 11) is -4.49. The molecule has 1 aliphatic rings. The third-order valence-corrected chi connectivity index (χ3v) is 8.16. The minimum absolute atomic E-state index is 0.0837. The number of halogens is 1. The van der Waals surface area contributed by atoms with Crippen molar-refractivity contribution in [2.24, 2.45) is 0 Å². The van der Waals surface area contributed by atoms with Gasteiger partial charge >= 0.3 is 0 Å². The summed E-state index contributed by atoms with van der Waals surface area (Å²) in [5, 5.41) is 0. The Balaban J connectivity index is 1.64. The predicted molar refractivity (Wildman–Crippen MR) is 114 cm³/mol. The van der Waals surface area contributed by atoms with E-state index in [4.69, 9.17) is 0 Å². The van der Waals surface area contributed by atoms with Crippen LogP contribution in [0, 0.1) is 5.82 Å². The molecule has 3 rings (SSSR count). The fraction of sp³-hybridized carbons (Fsp3) is 0.316. The first-order valence-corrected chi connectivity index (χ1v) is 12.2. The van der Waals surface area contributed by atoms with Gasteiger partial charge in [0.05, 0.1) is 4.90 Å². The van der Waals surface area contributed by atoms with E-state index in [0.717, 1.165) is 28.6 Å². The Bertz CT molecular complexity index is 1140. The van der Waals surface area contributed by atoms with Gasteiger partial charge in [-0.2, -0.15) is 17.0 Å². The number of rotatable bonds is 6.